The van der Waals surface area contributed by atoms with Gasteiger partial charge in [-0.3, -0.25) is 0 Å². The van der Waals surface area contributed by atoms with Crippen LogP contribution in [0.15, 0.2) is 60.7 Å². The van der Waals surface area contributed by atoms with Crippen LogP contribution < -0.4 is 9.64 Å². The molecule has 0 atom stereocenters. The lowest BCUT2D eigenvalue weighted by atomic mass is 10.1. The molecule has 0 radical (unpaired) electrons. The molecule has 0 saturated heterocycles. The molecule has 0 bridgehead atoms. The molecule has 0 aliphatic carbocycles. The molecule has 0 spiro atoms. The SMILES string of the molecule is Cc1cccc(N2c3ccc(C)cc3Oc3cc(C)ccc32)c1. The van der Waals surface area contributed by atoms with Crippen LogP contribution in [0, 0.1) is 20.8 Å². The first kappa shape index (κ1) is 13.9. The van der Waals surface area contributed by atoms with Gasteiger partial charge in [-0.25, -0.2) is 0 Å². The highest BCUT2D eigenvalue weighted by Crippen LogP contribution is 2.50. The Kier molecular flexibility index (Phi) is 3.12. The van der Waals surface area contributed by atoms with Gasteiger partial charge >= 0.3 is 0 Å². The summed E-state index contributed by atoms with van der Waals surface area (Å²) in [5.41, 5.74) is 6.96. The minimum atomic E-state index is 0.907. The van der Waals surface area contributed by atoms with Crippen molar-refractivity contribution in [2.75, 3.05) is 4.90 Å². The van der Waals surface area contributed by atoms with Gasteiger partial charge in [-0.1, -0.05) is 24.3 Å². The topological polar surface area (TPSA) is 12.5 Å². The molecule has 0 amide bonds. The van der Waals surface area contributed by atoms with Crippen LogP contribution in [0.5, 0.6) is 11.5 Å². The summed E-state index contributed by atoms with van der Waals surface area (Å²) in [5.74, 6) is 1.81. The van der Waals surface area contributed by atoms with Crippen molar-refractivity contribution in [3.8, 4) is 11.5 Å². The normalized spacial score (nSPS) is 12.4. The zero-order valence-corrected chi connectivity index (χ0v) is 13.6. The number of benzene rings is 3. The van der Waals surface area contributed by atoms with E-state index in [2.05, 4.69) is 86.3 Å². The van der Waals surface area contributed by atoms with E-state index in [1.165, 1.54) is 16.7 Å². The maximum atomic E-state index is 6.18. The van der Waals surface area contributed by atoms with Gasteiger partial charge in [0.2, 0.25) is 0 Å². The van der Waals surface area contributed by atoms with E-state index in [1.807, 2.05) is 0 Å². The van der Waals surface area contributed by atoms with E-state index < -0.39 is 0 Å². The summed E-state index contributed by atoms with van der Waals surface area (Å²) < 4.78 is 6.18. The Labute approximate surface area is 137 Å². The van der Waals surface area contributed by atoms with E-state index in [0.717, 1.165) is 28.6 Å². The first-order valence-corrected chi connectivity index (χ1v) is 7.88. The van der Waals surface area contributed by atoms with Gasteiger partial charge in [0.25, 0.3) is 0 Å². The minimum Gasteiger partial charge on any atom is -0.453 e. The third-order valence-corrected chi connectivity index (χ3v) is 4.19. The number of rotatable bonds is 1. The molecule has 3 aromatic rings. The lowest BCUT2D eigenvalue weighted by Crippen LogP contribution is -2.16. The fraction of sp³-hybridized carbons (Fsp3) is 0.143. The van der Waals surface area contributed by atoms with E-state index in [1.54, 1.807) is 0 Å². The van der Waals surface area contributed by atoms with E-state index in [-0.39, 0.29) is 0 Å². The molecule has 3 aromatic carbocycles. The second kappa shape index (κ2) is 5.17. The molecule has 0 saturated carbocycles. The summed E-state index contributed by atoms with van der Waals surface area (Å²) in [5, 5.41) is 0. The van der Waals surface area contributed by atoms with Crippen LogP contribution in [0.25, 0.3) is 0 Å². The Balaban J connectivity index is 1.97. The zero-order valence-electron chi connectivity index (χ0n) is 13.6. The van der Waals surface area contributed by atoms with Gasteiger partial charge in [0.15, 0.2) is 11.5 Å². The molecule has 23 heavy (non-hydrogen) atoms. The Morgan fingerprint density at radius 3 is 1.78 bits per heavy atom. The highest BCUT2D eigenvalue weighted by Gasteiger charge is 2.25. The van der Waals surface area contributed by atoms with Gasteiger partial charge < -0.3 is 9.64 Å². The number of hydrogen-bond acceptors (Lipinski definition) is 2. The van der Waals surface area contributed by atoms with Crippen molar-refractivity contribution in [1.82, 2.24) is 0 Å². The van der Waals surface area contributed by atoms with E-state index >= 15 is 0 Å². The highest BCUT2D eigenvalue weighted by atomic mass is 16.5. The minimum absolute atomic E-state index is 0.907. The molecule has 0 fully saturated rings. The molecule has 1 aliphatic heterocycles. The smallest absolute Gasteiger partial charge is 0.151 e. The van der Waals surface area contributed by atoms with Crippen molar-refractivity contribution in [2.24, 2.45) is 0 Å². The lowest BCUT2D eigenvalue weighted by Gasteiger charge is -2.33. The number of nitrogens with zero attached hydrogens (tertiary/aromatic N) is 1. The van der Waals surface area contributed by atoms with Crippen LogP contribution in [0.2, 0.25) is 0 Å². The van der Waals surface area contributed by atoms with Crippen LogP contribution in [0.1, 0.15) is 16.7 Å². The van der Waals surface area contributed by atoms with Crippen LogP contribution in [-0.4, -0.2) is 0 Å². The number of ether oxygens (including phenoxy) is 1. The van der Waals surface area contributed by atoms with Gasteiger partial charge in [0, 0.05) is 5.69 Å². The van der Waals surface area contributed by atoms with Crippen molar-refractivity contribution in [2.45, 2.75) is 20.8 Å². The maximum absolute atomic E-state index is 6.18. The zero-order chi connectivity index (χ0) is 16.0. The average molecular weight is 301 g/mol. The average Bonchev–Trinajstić information content (AvgIpc) is 2.52. The first-order valence-electron chi connectivity index (χ1n) is 7.88. The molecular weight excluding hydrogens is 282 g/mol. The third kappa shape index (κ3) is 2.36. The van der Waals surface area contributed by atoms with E-state index in [4.69, 9.17) is 4.74 Å². The molecule has 0 unspecified atom stereocenters. The fourth-order valence-electron chi connectivity index (χ4n) is 3.07. The number of aryl methyl sites for hydroxylation is 3. The van der Waals surface area contributed by atoms with Crippen molar-refractivity contribution in [3.63, 3.8) is 0 Å². The molecule has 1 aliphatic rings. The Bertz CT molecular complexity index is 847. The summed E-state index contributed by atoms with van der Waals surface area (Å²) in [7, 11) is 0. The van der Waals surface area contributed by atoms with Gasteiger partial charge in [-0.05, 0) is 73.9 Å². The molecule has 0 N–H and O–H groups in total. The summed E-state index contributed by atoms with van der Waals surface area (Å²) in [6.07, 6.45) is 0. The fourth-order valence-corrected chi connectivity index (χ4v) is 3.07. The predicted molar refractivity (Wildman–Crippen MR) is 95.4 cm³/mol. The van der Waals surface area contributed by atoms with E-state index in [0.29, 0.717) is 0 Å². The second-order valence-electron chi connectivity index (χ2n) is 6.22. The predicted octanol–water partition coefficient (Wildman–Crippen LogP) is 6.19. The van der Waals surface area contributed by atoms with Crippen LogP contribution in [-0.2, 0) is 0 Å². The monoisotopic (exact) mass is 301 g/mol. The van der Waals surface area contributed by atoms with Crippen molar-refractivity contribution < 1.29 is 4.74 Å². The standard InChI is InChI=1S/C21H19NO/c1-14-5-4-6-17(11-14)22-18-9-7-15(2)12-20(18)23-21-13-16(3)8-10-19(21)22/h4-13H,1-3H3. The lowest BCUT2D eigenvalue weighted by molar-refractivity contribution is 0.476. The maximum Gasteiger partial charge on any atom is 0.151 e. The molecule has 1 heterocycles. The van der Waals surface area contributed by atoms with Crippen molar-refractivity contribution in [3.05, 3.63) is 77.4 Å². The summed E-state index contributed by atoms with van der Waals surface area (Å²) in [6.45, 7) is 6.30. The van der Waals surface area contributed by atoms with Crippen molar-refractivity contribution in [1.29, 1.82) is 0 Å². The van der Waals surface area contributed by atoms with E-state index in [9.17, 15) is 0 Å². The third-order valence-electron chi connectivity index (χ3n) is 4.19. The van der Waals surface area contributed by atoms with Gasteiger partial charge in [0.05, 0.1) is 11.4 Å². The van der Waals surface area contributed by atoms with Gasteiger partial charge in [-0.2, -0.15) is 0 Å². The number of anilines is 3. The Morgan fingerprint density at radius 2 is 1.22 bits per heavy atom. The first-order chi connectivity index (χ1) is 11.1. The Morgan fingerprint density at radius 1 is 0.652 bits per heavy atom. The molecule has 2 heteroatoms. The molecular formula is C21H19NO. The molecule has 4 rings (SSSR count). The van der Waals surface area contributed by atoms with Crippen LogP contribution in [0.3, 0.4) is 0 Å². The Hall–Kier alpha value is -2.74. The summed E-state index contributed by atoms with van der Waals surface area (Å²) in [4.78, 5) is 2.28. The second-order valence-corrected chi connectivity index (χ2v) is 6.22. The summed E-state index contributed by atoms with van der Waals surface area (Å²) >= 11 is 0. The molecule has 0 aromatic heterocycles. The van der Waals surface area contributed by atoms with Gasteiger partial charge in [0.1, 0.15) is 0 Å². The summed E-state index contributed by atoms with van der Waals surface area (Å²) in [6, 6.07) is 21.3. The number of hydrogen-bond donors (Lipinski definition) is 0. The highest BCUT2D eigenvalue weighted by molar-refractivity contribution is 5.86. The molecule has 2 nitrogen and oxygen atoms in total. The molecule has 114 valence electrons. The van der Waals surface area contributed by atoms with Crippen LogP contribution in [0.4, 0.5) is 17.1 Å². The quantitative estimate of drug-likeness (QED) is 0.416. The largest absolute Gasteiger partial charge is 0.453 e. The van der Waals surface area contributed by atoms with Crippen molar-refractivity contribution >= 4 is 17.1 Å². The van der Waals surface area contributed by atoms with Crippen LogP contribution >= 0.6 is 0 Å². The number of fused-ring (bicyclic) bond motifs is 2. The van der Waals surface area contributed by atoms with Gasteiger partial charge in [-0.15, -0.1) is 0 Å².